The van der Waals surface area contributed by atoms with Gasteiger partial charge < -0.3 is 18.2 Å². The molecule has 0 aromatic heterocycles. The molecule has 0 amide bonds. The van der Waals surface area contributed by atoms with Crippen LogP contribution in [0, 0.1) is 0 Å². The van der Waals surface area contributed by atoms with E-state index in [-0.39, 0.29) is 0 Å². The van der Waals surface area contributed by atoms with Crippen LogP contribution >= 0.6 is 0 Å². The maximum Gasteiger partial charge on any atom is 0.504 e. The van der Waals surface area contributed by atoms with Crippen LogP contribution in [-0.2, 0) is 13.3 Å². The molecule has 1 saturated heterocycles. The summed E-state index contributed by atoms with van der Waals surface area (Å²) in [4.78, 5) is 2.56. The lowest BCUT2D eigenvalue weighted by molar-refractivity contribution is 0.0957. The summed E-state index contributed by atoms with van der Waals surface area (Å²) in [6.45, 7) is 6.80. The molecule has 2 atom stereocenters. The lowest BCUT2D eigenvalue weighted by atomic mass is 10.1. The van der Waals surface area contributed by atoms with Crippen LogP contribution in [0.15, 0.2) is 0 Å². The van der Waals surface area contributed by atoms with Crippen LogP contribution in [0.3, 0.4) is 0 Å². The predicted octanol–water partition coefficient (Wildman–Crippen LogP) is 2.13. The van der Waals surface area contributed by atoms with Crippen LogP contribution in [0.1, 0.15) is 33.1 Å². The molecule has 0 bridgehead atoms. The predicted molar refractivity (Wildman–Crippen MR) is 71.1 cm³/mol. The molecule has 1 aliphatic heterocycles. The summed E-state index contributed by atoms with van der Waals surface area (Å²) in [5.74, 6) is 0. The van der Waals surface area contributed by atoms with Crippen molar-refractivity contribution in [3.05, 3.63) is 0 Å². The van der Waals surface area contributed by atoms with Crippen molar-refractivity contribution in [3.63, 3.8) is 0 Å². The van der Waals surface area contributed by atoms with E-state index in [1.54, 1.807) is 21.3 Å². The van der Waals surface area contributed by atoms with Crippen molar-refractivity contribution in [2.45, 2.75) is 44.7 Å². The molecule has 5 heteroatoms. The Morgan fingerprint density at radius 1 is 1.24 bits per heavy atom. The lowest BCUT2D eigenvalue weighted by Crippen LogP contribution is -2.53. The third-order valence-electron chi connectivity index (χ3n) is 3.91. The van der Waals surface area contributed by atoms with Gasteiger partial charge in [0.05, 0.1) is 0 Å². The normalized spacial score (nSPS) is 24.2. The van der Waals surface area contributed by atoms with Crippen molar-refractivity contribution in [2.24, 2.45) is 0 Å². The van der Waals surface area contributed by atoms with E-state index in [1.807, 2.05) is 0 Å². The van der Waals surface area contributed by atoms with E-state index < -0.39 is 8.80 Å². The molecule has 1 rings (SSSR count). The van der Waals surface area contributed by atoms with Crippen LogP contribution in [0.2, 0.25) is 5.54 Å². The van der Waals surface area contributed by atoms with Crippen molar-refractivity contribution in [1.29, 1.82) is 0 Å². The molecule has 2 unspecified atom stereocenters. The monoisotopic (exact) mass is 261 g/mol. The second-order valence-corrected chi connectivity index (χ2v) is 8.09. The van der Waals surface area contributed by atoms with Gasteiger partial charge in [-0.2, -0.15) is 0 Å². The Kier molecular flexibility index (Phi) is 6.09. The van der Waals surface area contributed by atoms with E-state index in [1.165, 1.54) is 25.8 Å². The molecule has 102 valence electrons. The fourth-order valence-corrected chi connectivity index (χ4v) is 5.49. The average Bonchev–Trinajstić information content (AvgIpc) is 2.80. The summed E-state index contributed by atoms with van der Waals surface area (Å²) in [6, 6.07) is 0.543. The first-order valence-electron chi connectivity index (χ1n) is 6.54. The van der Waals surface area contributed by atoms with Crippen LogP contribution in [-0.4, -0.2) is 54.2 Å². The topological polar surface area (TPSA) is 30.9 Å². The van der Waals surface area contributed by atoms with Crippen LogP contribution in [0.25, 0.3) is 0 Å². The van der Waals surface area contributed by atoms with Crippen LogP contribution in [0.4, 0.5) is 0 Å². The van der Waals surface area contributed by atoms with E-state index in [9.17, 15) is 0 Å². The molecule has 17 heavy (non-hydrogen) atoms. The number of likely N-dealkylation sites (tertiary alicyclic amines) is 1. The molecule has 0 aromatic carbocycles. The highest BCUT2D eigenvalue weighted by atomic mass is 28.4. The Balaban J connectivity index is 2.75. The molecule has 1 heterocycles. The van der Waals surface area contributed by atoms with Gasteiger partial charge in [0.2, 0.25) is 0 Å². The van der Waals surface area contributed by atoms with Gasteiger partial charge in [-0.15, -0.1) is 0 Å². The Hall–Kier alpha value is 0.0569. The van der Waals surface area contributed by atoms with Gasteiger partial charge in [0, 0.05) is 32.9 Å². The largest absolute Gasteiger partial charge is 0.504 e. The minimum Gasteiger partial charge on any atom is -0.377 e. The van der Waals surface area contributed by atoms with E-state index in [0.717, 1.165) is 6.54 Å². The molecule has 0 radical (unpaired) electrons. The standard InChI is InChI=1S/C12H27NO3Si/c1-6-9-13-10-7-8-12(13)11(2)17(14-3,15-4)16-5/h11-12H,6-10H2,1-5H3. The fraction of sp³-hybridized carbons (Fsp3) is 1.00. The fourth-order valence-electron chi connectivity index (χ4n) is 3.03. The van der Waals surface area contributed by atoms with Crippen molar-refractivity contribution in [3.8, 4) is 0 Å². The summed E-state index contributed by atoms with van der Waals surface area (Å²) >= 11 is 0. The first-order valence-corrected chi connectivity index (χ1v) is 8.34. The average molecular weight is 261 g/mol. The van der Waals surface area contributed by atoms with Crippen LogP contribution in [0.5, 0.6) is 0 Å². The third-order valence-corrected chi connectivity index (χ3v) is 7.12. The zero-order chi connectivity index (χ0) is 12.9. The van der Waals surface area contributed by atoms with Crippen molar-refractivity contribution in [1.82, 2.24) is 4.90 Å². The zero-order valence-electron chi connectivity index (χ0n) is 11.9. The van der Waals surface area contributed by atoms with Gasteiger partial charge in [-0.3, -0.25) is 0 Å². The SMILES string of the molecule is CCCN1CCCC1C(C)[Si](OC)(OC)OC. The first-order chi connectivity index (χ1) is 8.15. The summed E-state index contributed by atoms with van der Waals surface area (Å²) < 4.78 is 16.8. The van der Waals surface area contributed by atoms with E-state index in [4.69, 9.17) is 13.3 Å². The van der Waals surface area contributed by atoms with E-state index in [2.05, 4.69) is 18.7 Å². The Bertz CT molecular complexity index is 216. The second kappa shape index (κ2) is 6.85. The zero-order valence-corrected chi connectivity index (χ0v) is 12.9. The van der Waals surface area contributed by atoms with Gasteiger partial charge in [-0.1, -0.05) is 13.8 Å². The molecular formula is C12H27NO3Si. The Labute approximate surface area is 107 Å². The minimum atomic E-state index is -2.50. The molecular weight excluding hydrogens is 234 g/mol. The summed E-state index contributed by atoms with van der Waals surface area (Å²) in [6.07, 6.45) is 3.70. The number of rotatable bonds is 7. The van der Waals surface area contributed by atoms with Crippen molar-refractivity contribution < 1.29 is 13.3 Å². The number of hydrogen-bond donors (Lipinski definition) is 0. The summed E-state index contributed by atoms with van der Waals surface area (Å²) in [7, 11) is 2.61. The first kappa shape index (κ1) is 15.1. The van der Waals surface area contributed by atoms with Gasteiger partial charge in [0.1, 0.15) is 0 Å². The maximum absolute atomic E-state index is 5.60. The highest BCUT2D eigenvalue weighted by Gasteiger charge is 2.50. The van der Waals surface area contributed by atoms with Crippen molar-refractivity contribution >= 4 is 8.80 Å². The minimum absolute atomic E-state index is 0.330. The summed E-state index contributed by atoms with van der Waals surface area (Å²) in [5, 5.41) is 0. The molecule has 0 N–H and O–H groups in total. The lowest BCUT2D eigenvalue weighted by Gasteiger charge is -2.37. The van der Waals surface area contributed by atoms with Gasteiger partial charge >= 0.3 is 8.80 Å². The second-order valence-electron chi connectivity index (χ2n) is 4.75. The van der Waals surface area contributed by atoms with Gasteiger partial charge in [0.15, 0.2) is 0 Å². The molecule has 0 aromatic rings. The van der Waals surface area contributed by atoms with E-state index in [0.29, 0.717) is 11.6 Å². The molecule has 1 aliphatic rings. The molecule has 0 saturated carbocycles. The Morgan fingerprint density at radius 2 is 1.82 bits per heavy atom. The highest BCUT2D eigenvalue weighted by Crippen LogP contribution is 2.35. The smallest absolute Gasteiger partial charge is 0.377 e. The van der Waals surface area contributed by atoms with Crippen LogP contribution < -0.4 is 0 Å². The highest BCUT2D eigenvalue weighted by molar-refractivity contribution is 6.62. The van der Waals surface area contributed by atoms with Gasteiger partial charge in [-0.05, 0) is 32.4 Å². The van der Waals surface area contributed by atoms with Gasteiger partial charge in [0.25, 0.3) is 0 Å². The van der Waals surface area contributed by atoms with Gasteiger partial charge in [-0.25, -0.2) is 0 Å². The molecule has 1 fully saturated rings. The third kappa shape index (κ3) is 3.09. The molecule has 4 nitrogen and oxygen atoms in total. The quantitative estimate of drug-likeness (QED) is 0.657. The number of hydrogen-bond acceptors (Lipinski definition) is 4. The Morgan fingerprint density at radius 3 is 2.29 bits per heavy atom. The van der Waals surface area contributed by atoms with Crippen molar-refractivity contribution in [2.75, 3.05) is 34.4 Å². The maximum atomic E-state index is 5.60. The molecule has 0 aliphatic carbocycles. The summed E-state index contributed by atoms with van der Waals surface area (Å²) in [5.41, 5.74) is 0.330. The van der Waals surface area contributed by atoms with E-state index >= 15 is 0 Å². The number of nitrogens with zero attached hydrogens (tertiary/aromatic N) is 1. The molecule has 0 spiro atoms.